The van der Waals surface area contributed by atoms with Crippen LogP contribution in [0.2, 0.25) is 0 Å². The number of hydrogen-bond donors (Lipinski definition) is 1. The van der Waals surface area contributed by atoms with Gasteiger partial charge in [0.1, 0.15) is 6.04 Å². The van der Waals surface area contributed by atoms with Crippen LogP contribution in [0.4, 0.5) is 0 Å². The minimum Gasteiger partial charge on any atom is -0.352 e. The van der Waals surface area contributed by atoms with E-state index >= 15 is 0 Å². The third-order valence-corrected chi connectivity index (χ3v) is 6.68. The maximum Gasteiger partial charge on any atom is 0.243 e. The summed E-state index contributed by atoms with van der Waals surface area (Å²) >= 11 is 0. The Morgan fingerprint density at radius 2 is 1.11 bits per heavy atom. The highest BCUT2D eigenvalue weighted by Crippen LogP contribution is 2.30. The van der Waals surface area contributed by atoms with E-state index in [4.69, 9.17) is 0 Å². The van der Waals surface area contributed by atoms with Crippen molar-refractivity contribution in [2.24, 2.45) is 0 Å². The highest BCUT2D eigenvalue weighted by Gasteiger charge is 2.32. The van der Waals surface area contributed by atoms with Crippen molar-refractivity contribution in [3.63, 3.8) is 0 Å². The second-order valence-corrected chi connectivity index (χ2v) is 9.95. The number of carbonyl (C=O) groups is 2. The van der Waals surface area contributed by atoms with E-state index in [2.05, 4.69) is 29.6 Å². The van der Waals surface area contributed by atoms with E-state index in [1.165, 1.54) is 0 Å². The number of benzene rings is 4. The Morgan fingerprint density at radius 1 is 0.658 bits per heavy atom. The number of nitrogens with one attached hydrogen (secondary N) is 1. The van der Waals surface area contributed by atoms with Crippen LogP contribution >= 0.6 is 0 Å². The van der Waals surface area contributed by atoms with E-state index in [9.17, 15) is 9.59 Å². The molecular weight excluding hydrogens is 468 g/mol. The third kappa shape index (κ3) is 7.42. The Morgan fingerprint density at radius 3 is 1.58 bits per heavy atom. The van der Waals surface area contributed by atoms with Gasteiger partial charge in [-0.3, -0.25) is 9.59 Å². The fraction of sp³-hybridized carbons (Fsp3) is 0.235. The summed E-state index contributed by atoms with van der Waals surface area (Å²) in [6.07, 6.45) is 0.709. The molecule has 0 heterocycles. The van der Waals surface area contributed by atoms with Gasteiger partial charge in [0.05, 0.1) is 0 Å². The van der Waals surface area contributed by atoms with Gasteiger partial charge >= 0.3 is 0 Å². The van der Waals surface area contributed by atoms with Gasteiger partial charge in [0.25, 0.3) is 0 Å². The van der Waals surface area contributed by atoms with Crippen LogP contribution in [0.5, 0.6) is 0 Å². The van der Waals surface area contributed by atoms with Crippen LogP contribution in [0.15, 0.2) is 121 Å². The first-order valence-electron chi connectivity index (χ1n) is 13.3. The molecule has 0 aliphatic rings. The van der Waals surface area contributed by atoms with Crippen molar-refractivity contribution in [1.29, 1.82) is 0 Å². The number of amides is 2. The molecule has 2 amide bonds. The van der Waals surface area contributed by atoms with Crippen molar-refractivity contribution in [3.8, 4) is 0 Å². The van der Waals surface area contributed by atoms with E-state index < -0.39 is 6.04 Å². The van der Waals surface area contributed by atoms with E-state index in [-0.39, 0.29) is 30.2 Å². The minimum absolute atomic E-state index is 0.0316. The Bertz CT molecular complexity index is 1240. The van der Waals surface area contributed by atoms with Crippen molar-refractivity contribution < 1.29 is 9.59 Å². The Hall–Kier alpha value is -4.18. The first-order chi connectivity index (χ1) is 18.5. The van der Waals surface area contributed by atoms with Crippen molar-refractivity contribution in [3.05, 3.63) is 144 Å². The van der Waals surface area contributed by atoms with Crippen molar-refractivity contribution >= 4 is 11.8 Å². The second kappa shape index (κ2) is 13.4. The summed E-state index contributed by atoms with van der Waals surface area (Å²) in [5.74, 6) is -0.302. The topological polar surface area (TPSA) is 49.4 Å². The van der Waals surface area contributed by atoms with Crippen LogP contribution in [-0.4, -0.2) is 28.8 Å². The van der Waals surface area contributed by atoms with Gasteiger partial charge < -0.3 is 10.2 Å². The minimum atomic E-state index is -0.639. The van der Waals surface area contributed by atoms with Crippen molar-refractivity contribution in [2.45, 2.75) is 51.2 Å². The maximum atomic E-state index is 14.3. The molecule has 0 saturated heterocycles. The highest BCUT2D eigenvalue weighted by molar-refractivity contribution is 5.88. The smallest absolute Gasteiger partial charge is 0.243 e. The lowest BCUT2D eigenvalue weighted by atomic mass is 9.87. The first kappa shape index (κ1) is 26.9. The molecule has 0 radical (unpaired) electrons. The first-order valence-corrected chi connectivity index (χ1v) is 13.3. The molecule has 0 fully saturated rings. The van der Waals surface area contributed by atoms with Gasteiger partial charge in [-0.2, -0.15) is 0 Å². The highest BCUT2D eigenvalue weighted by atomic mass is 16.2. The average molecular weight is 505 g/mol. The molecule has 38 heavy (non-hydrogen) atoms. The fourth-order valence-electron chi connectivity index (χ4n) is 4.81. The van der Waals surface area contributed by atoms with Gasteiger partial charge in [-0.05, 0) is 36.1 Å². The molecule has 1 unspecified atom stereocenters. The number of carbonyl (C=O) groups excluding carboxylic acids is 2. The molecule has 4 rings (SSSR count). The van der Waals surface area contributed by atoms with Gasteiger partial charge in [0, 0.05) is 31.3 Å². The van der Waals surface area contributed by atoms with E-state index in [1.807, 2.05) is 111 Å². The van der Waals surface area contributed by atoms with Crippen LogP contribution in [0.1, 0.15) is 48.4 Å². The average Bonchev–Trinajstić information content (AvgIpc) is 2.95. The summed E-state index contributed by atoms with van der Waals surface area (Å²) in [5, 5.41) is 3.07. The Balaban J connectivity index is 1.72. The monoisotopic (exact) mass is 504 g/mol. The molecular formula is C34H36N2O2. The lowest BCUT2D eigenvalue weighted by molar-refractivity contribution is -0.141. The van der Waals surface area contributed by atoms with Crippen LogP contribution in [0.3, 0.4) is 0 Å². The Kier molecular flexibility index (Phi) is 9.47. The van der Waals surface area contributed by atoms with Crippen molar-refractivity contribution in [1.82, 2.24) is 10.2 Å². The maximum absolute atomic E-state index is 14.3. The molecule has 0 aliphatic carbocycles. The normalized spacial score (nSPS) is 11.8. The summed E-state index contributed by atoms with van der Waals surface area (Å²) in [7, 11) is 0. The summed E-state index contributed by atoms with van der Waals surface area (Å²) in [6, 6.07) is 39.4. The fourth-order valence-corrected chi connectivity index (χ4v) is 4.81. The largest absolute Gasteiger partial charge is 0.352 e. The molecule has 0 aromatic heterocycles. The van der Waals surface area contributed by atoms with Gasteiger partial charge in [-0.1, -0.05) is 121 Å². The summed E-state index contributed by atoms with van der Waals surface area (Å²) in [5.41, 5.74) is 4.17. The molecule has 0 bridgehead atoms. The predicted octanol–water partition coefficient (Wildman–Crippen LogP) is 6.37. The van der Waals surface area contributed by atoms with Crippen LogP contribution in [-0.2, 0) is 22.6 Å². The van der Waals surface area contributed by atoms with E-state index in [1.54, 1.807) is 4.90 Å². The van der Waals surface area contributed by atoms with E-state index in [0.29, 0.717) is 13.0 Å². The van der Waals surface area contributed by atoms with Gasteiger partial charge in [-0.15, -0.1) is 0 Å². The Labute approximate surface area is 226 Å². The number of hydrogen-bond acceptors (Lipinski definition) is 2. The molecule has 4 nitrogen and oxygen atoms in total. The SMILES string of the molecule is CC(C)NC(=O)C(Cc1ccccc1)N(Cc1ccccc1)C(=O)CC(c1ccccc1)c1ccccc1. The molecule has 4 aromatic rings. The lowest BCUT2D eigenvalue weighted by Gasteiger charge is -2.33. The standard InChI is InChI=1S/C34H36N2O2/c1-26(2)35-34(38)32(23-27-15-7-3-8-16-27)36(25-28-17-9-4-10-18-28)33(37)24-31(29-19-11-5-12-20-29)30-21-13-6-14-22-30/h3-22,26,31-32H,23-25H2,1-2H3,(H,35,38). The van der Waals surface area contributed by atoms with E-state index in [0.717, 1.165) is 22.3 Å². The van der Waals surface area contributed by atoms with Crippen LogP contribution < -0.4 is 5.32 Å². The number of rotatable bonds is 11. The lowest BCUT2D eigenvalue weighted by Crippen LogP contribution is -2.52. The zero-order valence-corrected chi connectivity index (χ0v) is 22.2. The van der Waals surface area contributed by atoms with Gasteiger partial charge in [-0.25, -0.2) is 0 Å². The molecule has 0 spiro atoms. The van der Waals surface area contributed by atoms with Gasteiger partial charge in [0.2, 0.25) is 11.8 Å². The molecule has 4 aromatic carbocycles. The van der Waals surface area contributed by atoms with Crippen molar-refractivity contribution in [2.75, 3.05) is 0 Å². The zero-order valence-electron chi connectivity index (χ0n) is 22.2. The summed E-state index contributed by atoms with van der Waals surface area (Å²) in [4.78, 5) is 29.7. The zero-order chi connectivity index (χ0) is 26.7. The summed E-state index contributed by atoms with van der Waals surface area (Å²) < 4.78 is 0. The quantitative estimate of drug-likeness (QED) is 0.258. The molecule has 0 saturated carbocycles. The van der Waals surface area contributed by atoms with Crippen LogP contribution in [0, 0.1) is 0 Å². The molecule has 1 atom stereocenters. The van der Waals surface area contributed by atoms with Gasteiger partial charge in [0.15, 0.2) is 0 Å². The summed E-state index contributed by atoms with van der Waals surface area (Å²) in [6.45, 7) is 4.25. The predicted molar refractivity (Wildman–Crippen MR) is 154 cm³/mol. The molecule has 0 aliphatic heterocycles. The molecule has 194 valence electrons. The molecule has 4 heteroatoms. The van der Waals surface area contributed by atoms with Crippen LogP contribution in [0.25, 0.3) is 0 Å². The third-order valence-electron chi connectivity index (χ3n) is 6.68. The number of nitrogens with zero attached hydrogens (tertiary/aromatic N) is 1. The molecule has 1 N–H and O–H groups in total. The second-order valence-electron chi connectivity index (χ2n) is 9.95.